The van der Waals surface area contributed by atoms with Crippen LogP contribution in [0.25, 0.3) is 0 Å². The van der Waals surface area contributed by atoms with Crippen molar-refractivity contribution in [2.45, 2.75) is 0 Å². The van der Waals surface area contributed by atoms with Crippen LogP contribution in [0.4, 0.5) is 0 Å². The summed E-state index contributed by atoms with van der Waals surface area (Å²) in [5.74, 6) is 0. The van der Waals surface area contributed by atoms with Gasteiger partial charge in [0.25, 0.3) is 5.23 Å². The molecule has 29 valence electrons. The Bertz CT molecular complexity index is 44.9. The lowest BCUT2D eigenvalue weighted by molar-refractivity contribution is 0.417. The van der Waals surface area contributed by atoms with Crippen LogP contribution >= 0.6 is 12.6 Å². The van der Waals surface area contributed by atoms with Crippen molar-refractivity contribution in [2.24, 2.45) is 0 Å². The number of ether oxygens (including phenoxy) is 1. The zero-order valence-corrected chi connectivity index (χ0v) is 3.70. The van der Waals surface area contributed by atoms with E-state index < -0.39 is 0 Å². The Morgan fingerprint density at radius 3 is 2.20 bits per heavy atom. The second-order valence-electron chi connectivity index (χ2n) is 0.487. The van der Waals surface area contributed by atoms with E-state index in [9.17, 15) is 0 Å². The van der Waals surface area contributed by atoms with Gasteiger partial charge in [-0.3, -0.25) is 0 Å². The topological polar surface area (TPSA) is 31.5 Å². The Hall–Kier alpha value is -0.180. The first kappa shape index (κ1) is 4.82. The van der Waals surface area contributed by atoms with E-state index >= 15 is 0 Å². The van der Waals surface area contributed by atoms with Gasteiger partial charge >= 0.3 is 0 Å². The molecule has 0 N–H and O–H groups in total. The third-order valence-electron chi connectivity index (χ3n) is 0.183. The standard InChI is InChI=1S/C2H4NOS/c1-4-2(3)5/h5H,1H3. The van der Waals surface area contributed by atoms with Crippen molar-refractivity contribution < 1.29 is 4.74 Å². The third-order valence-corrected chi connectivity index (χ3v) is 0.365. The van der Waals surface area contributed by atoms with Gasteiger partial charge in [0.15, 0.2) is 0 Å². The Balaban J connectivity index is 2.85. The van der Waals surface area contributed by atoms with E-state index in [1.54, 1.807) is 0 Å². The molecule has 5 heavy (non-hydrogen) atoms. The smallest absolute Gasteiger partial charge is 0.266 e. The van der Waals surface area contributed by atoms with Gasteiger partial charge in [0.1, 0.15) is 0 Å². The largest absolute Gasteiger partial charge is 0.475 e. The molecular weight excluding hydrogens is 86.1 g/mol. The maximum absolute atomic E-state index is 7.92. The van der Waals surface area contributed by atoms with Crippen LogP contribution in [-0.2, 0) is 4.74 Å². The molecule has 0 bridgehead atoms. The Kier molecular flexibility index (Phi) is 2.01. The number of hydrogen-bond donors (Lipinski definition) is 1. The number of thiol groups is 1. The van der Waals surface area contributed by atoms with Crippen molar-refractivity contribution in [3.8, 4) is 0 Å². The Morgan fingerprint density at radius 1 is 2.00 bits per heavy atom. The fourth-order valence-corrected chi connectivity index (χ4v) is 0. The highest BCUT2D eigenvalue weighted by Crippen LogP contribution is 1.70. The molecule has 0 aromatic rings. The SMILES string of the molecule is COC(=[N])S. The number of methoxy groups -OCH3 is 1. The van der Waals surface area contributed by atoms with E-state index in [2.05, 4.69) is 17.4 Å². The summed E-state index contributed by atoms with van der Waals surface area (Å²) in [7, 11) is 1.34. The average molecular weight is 90.1 g/mol. The molecule has 0 fully saturated rings. The van der Waals surface area contributed by atoms with Crippen molar-refractivity contribution in [1.29, 1.82) is 0 Å². The van der Waals surface area contributed by atoms with Crippen molar-refractivity contribution in [1.82, 2.24) is 5.41 Å². The van der Waals surface area contributed by atoms with Crippen molar-refractivity contribution >= 4 is 17.9 Å². The van der Waals surface area contributed by atoms with Crippen LogP contribution in [0.5, 0.6) is 0 Å². The first-order valence-corrected chi connectivity index (χ1v) is 1.51. The van der Waals surface area contributed by atoms with Crippen LogP contribution in [0.3, 0.4) is 0 Å². The summed E-state index contributed by atoms with van der Waals surface area (Å²) in [6.45, 7) is 0. The monoisotopic (exact) mass is 90.0 g/mol. The lowest BCUT2D eigenvalue weighted by atomic mass is 11.4. The molecule has 2 nitrogen and oxygen atoms in total. The summed E-state index contributed by atoms with van der Waals surface area (Å²) in [6, 6.07) is 0. The van der Waals surface area contributed by atoms with Gasteiger partial charge in [-0.2, -0.15) is 0 Å². The third kappa shape index (κ3) is 3.82. The van der Waals surface area contributed by atoms with Crippen LogP contribution < -0.4 is 5.41 Å². The van der Waals surface area contributed by atoms with E-state index in [0.29, 0.717) is 0 Å². The van der Waals surface area contributed by atoms with Gasteiger partial charge in [-0.1, -0.05) is 12.6 Å². The molecule has 0 aliphatic heterocycles. The van der Waals surface area contributed by atoms with Crippen LogP contribution in [-0.4, -0.2) is 12.3 Å². The zero-order chi connectivity index (χ0) is 4.28. The minimum Gasteiger partial charge on any atom is -0.475 e. The average Bonchev–Trinajstić information content (AvgIpc) is 1.38. The lowest BCUT2D eigenvalue weighted by Gasteiger charge is -1.82. The summed E-state index contributed by atoms with van der Waals surface area (Å²) in [5.41, 5.74) is 0. The van der Waals surface area contributed by atoms with Crippen LogP contribution in [0.1, 0.15) is 0 Å². The summed E-state index contributed by atoms with van der Waals surface area (Å²) in [4.78, 5) is 0. The number of nitrogens with zero attached hydrogens (tertiary/aromatic N) is 1. The van der Waals surface area contributed by atoms with Gasteiger partial charge in [-0.15, -0.1) is 5.41 Å². The molecule has 0 atom stereocenters. The van der Waals surface area contributed by atoms with Crippen LogP contribution in [0, 0.1) is 0 Å². The first-order valence-electron chi connectivity index (χ1n) is 1.06. The van der Waals surface area contributed by atoms with Gasteiger partial charge in [-0.25, -0.2) is 0 Å². The van der Waals surface area contributed by atoms with E-state index in [1.165, 1.54) is 7.11 Å². The van der Waals surface area contributed by atoms with E-state index in [0.717, 1.165) is 0 Å². The predicted molar refractivity (Wildman–Crippen MR) is 23.1 cm³/mol. The van der Waals surface area contributed by atoms with Gasteiger partial charge in [0.2, 0.25) is 0 Å². The fourth-order valence-electron chi connectivity index (χ4n) is 0. The second-order valence-corrected chi connectivity index (χ2v) is 0.869. The van der Waals surface area contributed by atoms with Gasteiger partial charge in [0.05, 0.1) is 7.11 Å². The molecule has 3 heteroatoms. The summed E-state index contributed by atoms with van der Waals surface area (Å²) >= 11 is 3.35. The van der Waals surface area contributed by atoms with Crippen LogP contribution in [0.15, 0.2) is 0 Å². The summed E-state index contributed by atoms with van der Waals surface area (Å²) < 4.78 is 4.09. The molecule has 1 radical (unpaired) electrons. The molecule has 0 aliphatic carbocycles. The molecule has 0 saturated heterocycles. The second kappa shape index (κ2) is 2.08. The number of hydrogen-bond acceptors (Lipinski definition) is 1. The maximum Gasteiger partial charge on any atom is 0.266 e. The number of rotatable bonds is 0. The zero-order valence-electron chi connectivity index (χ0n) is 2.80. The normalized spacial score (nSPS) is 6.80. The van der Waals surface area contributed by atoms with E-state index in [1.807, 2.05) is 0 Å². The minimum atomic E-state index is -0.301. The summed E-state index contributed by atoms with van der Waals surface area (Å²) in [6.07, 6.45) is 0. The maximum atomic E-state index is 7.92. The molecule has 0 saturated carbocycles. The molecule has 0 heterocycles. The van der Waals surface area contributed by atoms with Crippen LogP contribution in [0.2, 0.25) is 0 Å². The molecule has 0 aromatic carbocycles. The molecule has 0 aliphatic rings. The Labute approximate surface area is 36.1 Å². The highest BCUT2D eigenvalue weighted by molar-refractivity contribution is 7.96. The molecule has 0 aromatic heterocycles. The Morgan fingerprint density at radius 2 is 2.20 bits per heavy atom. The van der Waals surface area contributed by atoms with Crippen molar-refractivity contribution in [2.75, 3.05) is 7.11 Å². The molecule has 0 amide bonds. The first-order chi connectivity index (χ1) is 2.27. The molecule has 0 rings (SSSR count). The highest BCUT2D eigenvalue weighted by Gasteiger charge is 1.72. The van der Waals surface area contributed by atoms with Gasteiger partial charge in [-0.05, 0) is 0 Å². The lowest BCUT2D eigenvalue weighted by Crippen LogP contribution is -1.87. The van der Waals surface area contributed by atoms with Crippen molar-refractivity contribution in [3.63, 3.8) is 0 Å². The quantitative estimate of drug-likeness (QED) is 0.247. The van der Waals surface area contributed by atoms with E-state index in [-0.39, 0.29) is 5.23 Å². The summed E-state index contributed by atoms with van der Waals surface area (Å²) in [5, 5.41) is 7.62. The van der Waals surface area contributed by atoms with E-state index in [4.69, 9.17) is 5.41 Å². The van der Waals surface area contributed by atoms with Gasteiger partial charge in [0, 0.05) is 0 Å². The fraction of sp³-hybridized carbons (Fsp3) is 0.500. The molecule has 0 unspecified atom stereocenters. The highest BCUT2D eigenvalue weighted by atomic mass is 32.1. The van der Waals surface area contributed by atoms with Gasteiger partial charge < -0.3 is 4.74 Å². The minimum absolute atomic E-state index is 0.301. The predicted octanol–water partition coefficient (Wildman–Crippen LogP) is -0.281. The van der Waals surface area contributed by atoms with Crippen molar-refractivity contribution in [3.05, 3.63) is 0 Å². The molecule has 0 spiro atoms. The molecular formula is C2H4NOS.